The maximum atomic E-state index is 4.64. The first-order valence-electron chi connectivity index (χ1n) is 16.3. The maximum Gasteiger partial charge on any atom is 0.0679 e. The predicted molar refractivity (Wildman–Crippen MR) is 204 cm³/mol. The van der Waals surface area contributed by atoms with Crippen LogP contribution in [-0.2, 0) is 0 Å². The predicted octanol–water partition coefficient (Wildman–Crippen LogP) is 12.0. The largest absolute Gasteiger partial charge is 0.387 e. The summed E-state index contributed by atoms with van der Waals surface area (Å²) in [7, 11) is 0. The van der Waals surface area contributed by atoms with Crippen LogP contribution in [0.25, 0.3) is 77.3 Å². The molecule has 0 spiro atoms. The van der Waals surface area contributed by atoms with Crippen molar-refractivity contribution < 1.29 is 0 Å². The molecule has 0 amide bonds. The third-order valence-corrected chi connectivity index (χ3v) is 9.07. The zero-order valence-corrected chi connectivity index (χ0v) is 27.2. The fraction of sp³-hybridized carbons (Fsp3) is 0.0889. The summed E-state index contributed by atoms with van der Waals surface area (Å²) < 4.78 is 0. The van der Waals surface area contributed by atoms with E-state index in [-0.39, 0.29) is 0 Å². The van der Waals surface area contributed by atoms with Gasteiger partial charge in [0.05, 0.1) is 5.69 Å². The standard InChI is InChI=1S/C45H38N2/c1-5-13-32-27-34(21-20-30(32)3)44-38-16-9-11-18-40(38)45(41-19-12-10-17-39(41)44)42-23-22-35(36-14-7-8-15-37(36)42)33-24-26-47-43(28-33)31(4)29-46-25-6-2/h5-28,46H,4,29H2,1-3H3/b13-5-,25-6-. The van der Waals surface area contributed by atoms with Crippen molar-refractivity contribution in [1.29, 1.82) is 0 Å². The van der Waals surface area contributed by atoms with Gasteiger partial charge in [0.25, 0.3) is 0 Å². The SMILES string of the molecule is C=C(CN/C=C\C)c1cc(-c2ccc(-c3c4ccccc4c(-c4ccc(C)c(/C=C\C)c4)c4ccccc34)c3ccccc23)ccn1. The second-order valence-corrected chi connectivity index (χ2v) is 12.0. The molecular weight excluding hydrogens is 569 g/mol. The summed E-state index contributed by atoms with van der Waals surface area (Å²) in [5.74, 6) is 0. The van der Waals surface area contributed by atoms with Crippen LogP contribution in [0.4, 0.5) is 0 Å². The Balaban J connectivity index is 1.46. The van der Waals surface area contributed by atoms with Crippen molar-refractivity contribution in [1.82, 2.24) is 10.3 Å². The molecular formula is C45H38N2. The van der Waals surface area contributed by atoms with Crippen molar-refractivity contribution >= 4 is 44.0 Å². The first kappa shape index (κ1) is 30.0. The molecule has 1 heterocycles. The minimum Gasteiger partial charge on any atom is -0.387 e. The smallest absolute Gasteiger partial charge is 0.0679 e. The second kappa shape index (κ2) is 12.9. The molecule has 47 heavy (non-hydrogen) atoms. The zero-order chi connectivity index (χ0) is 32.3. The van der Waals surface area contributed by atoms with Crippen LogP contribution < -0.4 is 5.32 Å². The maximum absolute atomic E-state index is 4.64. The van der Waals surface area contributed by atoms with E-state index in [4.69, 9.17) is 0 Å². The van der Waals surface area contributed by atoms with E-state index in [1.165, 1.54) is 71.3 Å². The van der Waals surface area contributed by atoms with Gasteiger partial charge in [-0.25, -0.2) is 0 Å². The number of allylic oxidation sites excluding steroid dienone is 2. The summed E-state index contributed by atoms with van der Waals surface area (Å²) in [5, 5.41) is 10.7. The van der Waals surface area contributed by atoms with Crippen LogP contribution in [0.2, 0.25) is 0 Å². The Hall–Kier alpha value is -5.73. The second-order valence-electron chi connectivity index (χ2n) is 12.0. The van der Waals surface area contributed by atoms with E-state index in [1.54, 1.807) is 0 Å². The Morgan fingerprint density at radius 1 is 0.638 bits per heavy atom. The molecule has 0 radical (unpaired) electrons. The number of benzene rings is 6. The van der Waals surface area contributed by atoms with E-state index in [1.807, 2.05) is 25.4 Å². The molecule has 0 aliphatic heterocycles. The summed E-state index contributed by atoms with van der Waals surface area (Å²) in [6.07, 6.45) is 10.1. The van der Waals surface area contributed by atoms with Crippen LogP contribution in [0.15, 0.2) is 146 Å². The summed E-state index contributed by atoms with van der Waals surface area (Å²) in [6, 6.07) is 42.3. The van der Waals surface area contributed by atoms with Crippen molar-refractivity contribution in [2.24, 2.45) is 0 Å². The molecule has 1 aromatic heterocycles. The number of fused-ring (bicyclic) bond motifs is 3. The average molecular weight is 607 g/mol. The molecule has 0 saturated carbocycles. The molecule has 0 atom stereocenters. The number of hydrogen-bond donors (Lipinski definition) is 1. The van der Waals surface area contributed by atoms with Crippen molar-refractivity contribution in [3.05, 3.63) is 163 Å². The van der Waals surface area contributed by atoms with Gasteiger partial charge < -0.3 is 5.32 Å². The Bertz CT molecular complexity index is 2300. The van der Waals surface area contributed by atoms with E-state index < -0.39 is 0 Å². The van der Waals surface area contributed by atoms with Crippen molar-refractivity contribution in [3.8, 4) is 33.4 Å². The topological polar surface area (TPSA) is 24.9 Å². The van der Waals surface area contributed by atoms with E-state index in [9.17, 15) is 0 Å². The Morgan fingerprint density at radius 3 is 1.87 bits per heavy atom. The molecule has 0 unspecified atom stereocenters. The summed E-state index contributed by atoms with van der Waals surface area (Å²) in [5.41, 5.74) is 11.7. The molecule has 0 fully saturated rings. The lowest BCUT2D eigenvalue weighted by Gasteiger charge is -2.20. The lowest BCUT2D eigenvalue weighted by atomic mass is 9.83. The highest BCUT2D eigenvalue weighted by Gasteiger charge is 2.19. The molecule has 2 nitrogen and oxygen atoms in total. The Morgan fingerprint density at radius 2 is 1.23 bits per heavy atom. The number of nitrogens with one attached hydrogen (secondary N) is 1. The van der Waals surface area contributed by atoms with Crippen LogP contribution >= 0.6 is 0 Å². The van der Waals surface area contributed by atoms with Crippen LogP contribution in [0.1, 0.15) is 30.7 Å². The van der Waals surface area contributed by atoms with E-state index in [0.717, 1.165) is 16.8 Å². The van der Waals surface area contributed by atoms with Gasteiger partial charge in [-0.05, 0) is 128 Å². The average Bonchev–Trinajstić information content (AvgIpc) is 3.11. The van der Waals surface area contributed by atoms with Gasteiger partial charge in [-0.2, -0.15) is 0 Å². The lowest BCUT2D eigenvalue weighted by Crippen LogP contribution is -2.08. The van der Waals surface area contributed by atoms with Gasteiger partial charge >= 0.3 is 0 Å². The van der Waals surface area contributed by atoms with Crippen LogP contribution in [0, 0.1) is 6.92 Å². The quantitative estimate of drug-likeness (QED) is 0.174. The first-order valence-corrected chi connectivity index (χ1v) is 16.3. The van der Waals surface area contributed by atoms with Gasteiger partial charge in [0.2, 0.25) is 0 Å². The van der Waals surface area contributed by atoms with Gasteiger partial charge in [-0.15, -0.1) is 0 Å². The monoisotopic (exact) mass is 606 g/mol. The normalized spacial score (nSPS) is 11.7. The minimum atomic E-state index is 0.649. The van der Waals surface area contributed by atoms with Gasteiger partial charge in [0, 0.05) is 12.7 Å². The highest BCUT2D eigenvalue weighted by molar-refractivity contribution is 6.24. The van der Waals surface area contributed by atoms with Crippen molar-refractivity contribution in [2.45, 2.75) is 20.8 Å². The fourth-order valence-corrected chi connectivity index (χ4v) is 6.84. The molecule has 1 N–H and O–H groups in total. The fourth-order valence-electron chi connectivity index (χ4n) is 6.84. The molecule has 6 aromatic carbocycles. The molecule has 2 heteroatoms. The van der Waals surface area contributed by atoms with E-state index in [2.05, 4.69) is 158 Å². The lowest BCUT2D eigenvalue weighted by molar-refractivity contribution is 0.989. The van der Waals surface area contributed by atoms with E-state index >= 15 is 0 Å². The number of aryl methyl sites for hydroxylation is 1. The molecule has 228 valence electrons. The summed E-state index contributed by atoms with van der Waals surface area (Å²) >= 11 is 0. The van der Waals surface area contributed by atoms with Crippen LogP contribution in [0.3, 0.4) is 0 Å². The molecule has 0 aliphatic carbocycles. The molecule has 0 aliphatic rings. The highest BCUT2D eigenvalue weighted by atomic mass is 14.8. The summed E-state index contributed by atoms with van der Waals surface area (Å²) in [6.45, 7) is 11.2. The van der Waals surface area contributed by atoms with Gasteiger partial charge in [0.1, 0.15) is 0 Å². The summed E-state index contributed by atoms with van der Waals surface area (Å²) in [4.78, 5) is 4.64. The minimum absolute atomic E-state index is 0.649. The van der Waals surface area contributed by atoms with Crippen LogP contribution in [-0.4, -0.2) is 11.5 Å². The van der Waals surface area contributed by atoms with E-state index in [0.29, 0.717) is 6.54 Å². The third-order valence-electron chi connectivity index (χ3n) is 9.07. The first-order chi connectivity index (χ1) is 23.1. The molecule has 0 bridgehead atoms. The van der Waals surface area contributed by atoms with Crippen LogP contribution in [0.5, 0.6) is 0 Å². The molecule has 0 saturated heterocycles. The Kier molecular flexibility index (Phi) is 8.25. The third kappa shape index (κ3) is 5.53. The number of aromatic nitrogens is 1. The van der Waals surface area contributed by atoms with Gasteiger partial charge in [-0.1, -0.05) is 122 Å². The highest BCUT2D eigenvalue weighted by Crippen LogP contribution is 2.46. The number of hydrogen-bond acceptors (Lipinski definition) is 2. The number of pyridine rings is 1. The zero-order valence-electron chi connectivity index (χ0n) is 27.2. The van der Waals surface area contributed by atoms with Gasteiger partial charge in [0.15, 0.2) is 0 Å². The molecule has 7 rings (SSSR count). The Labute approximate surface area is 277 Å². The molecule has 7 aromatic rings. The number of rotatable bonds is 8. The van der Waals surface area contributed by atoms with Crippen molar-refractivity contribution in [3.63, 3.8) is 0 Å². The van der Waals surface area contributed by atoms with Gasteiger partial charge in [-0.3, -0.25) is 4.98 Å². The number of nitrogens with zero attached hydrogens (tertiary/aromatic N) is 1. The van der Waals surface area contributed by atoms with Crippen molar-refractivity contribution in [2.75, 3.05) is 6.54 Å².